The summed E-state index contributed by atoms with van der Waals surface area (Å²) >= 11 is 0. The molecular formula is C18H36N2O5. The van der Waals surface area contributed by atoms with Gasteiger partial charge in [0.2, 0.25) is 0 Å². The topological polar surface area (TPSA) is 125 Å². The van der Waals surface area contributed by atoms with E-state index in [2.05, 4.69) is 10.6 Å². The highest BCUT2D eigenvalue weighted by atomic mass is 16.3. The van der Waals surface area contributed by atoms with E-state index in [1.165, 1.54) is 0 Å². The summed E-state index contributed by atoms with van der Waals surface area (Å²) in [5.41, 5.74) is 0. The monoisotopic (exact) mass is 360 g/mol. The van der Waals surface area contributed by atoms with E-state index in [4.69, 9.17) is 5.11 Å². The van der Waals surface area contributed by atoms with E-state index in [0.717, 1.165) is 57.9 Å². The number of nitrogens with one attached hydrogen (secondary N) is 2. The van der Waals surface area contributed by atoms with Crippen molar-refractivity contribution in [3.05, 3.63) is 0 Å². The molecule has 148 valence electrons. The fourth-order valence-electron chi connectivity index (χ4n) is 4.04. The lowest BCUT2D eigenvalue weighted by atomic mass is 9.94. The molecule has 0 bridgehead atoms. The van der Waals surface area contributed by atoms with Crippen LogP contribution in [-0.2, 0) is 0 Å². The zero-order chi connectivity index (χ0) is 18.2. The van der Waals surface area contributed by atoms with E-state index in [-0.39, 0.29) is 18.7 Å². The molecule has 7 N–H and O–H groups in total. The van der Waals surface area contributed by atoms with Gasteiger partial charge in [0, 0.05) is 12.1 Å². The van der Waals surface area contributed by atoms with E-state index < -0.39 is 30.5 Å². The summed E-state index contributed by atoms with van der Waals surface area (Å²) in [6.45, 7) is 0.742. The summed E-state index contributed by atoms with van der Waals surface area (Å²) in [4.78, 5) is 0. The predicted octanol–water partition coefficient (Wildman–Crippen LogP) is -0.755. The lowest BCUT2D eigenvalue weighted by Crippen LogP contribution is -2.48. The molecule has 2 aliphatic rings. The Labute approximate surface area is 150 Å². The molecule has 0 aromatic heterocycles. The molecule has 7 atom stereocenters. The molecule has 0 aromatic rings. The number of hydrogen-bond donors (Lipinski definition) is 7. The molecule has 2 aliphatic heterocycles. The first-order valence-corrected chi connectivity index (χ1v) is 9.87. The van der Waals surface area contributed by atoms with Crippen LogP contribution in [0.4, 0.5) is 0 Å². The molecule has 2 fully saturated rings. The van der Waals surface area contributed by atoms with Gasteiger partial charge in [-0.05, 0) is 32.2 Å². The van der Waals surface area contributed by atoms with Crippen LogP contribution in [0.2, 0.25) is 0 Å². The standard InChI is InChI=1S/C18H36N2O5/c21-11-14-18(25)17(24)13(20-14)8-3-1-2-4-9-15(22)16(23)12-7-5-6-10-19-12/h12-25H,1-11H2/t12-,13+,14+,15-,16-,17+,18+/m1/s1. The summed E-state index contributed by atoms with van der Waals surface area (Å²) in [7, 11) is 0. The highest BCUT2D eigenvalue weighted by Crippen LogP contribution is 2.20. The minimum absolute atomic E-state index is 0.0181. The molecule has 2 saturated heterocycles. The number of piperidine rings is 1. The average Bonchev–Trinajstić information content (AvgIpc) is 2.92. The molecule has 0 radical (unpaired) electrons. The third kappa shape index (κ3) is 6.13. The van der Waals surface area contributed by atoms with Gasteiger partial charge in [0.25, 0.3) is 0 Å². The van der Waals surface area contributed by atoms with E-state index in [9.17, 15) is 20.4 Å². The smallest absolute Gasteiger partial charge is 0.0989 e. The Morgan fingerprint density at radius 2 is 1.64 bits per heavy atom. The van der Waals surface area contributed by atoms with Crippen molar-refractivity contribution in [1.29, 1.82) is 0 Å². The van der Waals surface area contributed by atoms with Crippen LogP contribution < -0.4 is 10.6 Å². The molecule has 0 amide bonds. The summed E-state index contributed by atoms with van der Waals surface area (Å²) < 4.78 is 0. The first-order chi connectivity index (χ1) is 12.0. The molecule has 2 heterocycles. The van der Waals surface area contributed by atoms with Gasteiger partial charge in [-0.2, -0.15) is 0 Å². The van der Waals surface area contributed by atoms with Crippen molar-refractivity contribution >= 4 is 0 Å². The molecule has 0 aromatic carbocycles. The first kappa shape index (κ1) is 21.0. The van der Waals surface area contributed by atoms with Gasteiger partial charge in [-0.3, -0.25) is 0 Å². The number of aliphatic hydroxyl groups is 5. The Kier molecular flexibility index (Phi) is 9.06. The lowest BCUT2D eigenvalue weighted by molar-refractivity contribution is -0.0145. The Balaban J connectivity index is 1.53. The number of unbranched alkanes of at least 4 members (excludes halogenated alkanes) is 3. The van der Waals surface area contributed by atoms with Crippen LogP contribution in [0, 0.1) is 0 Å². The van der Waals surface area contributed by atoms with Gasteiger partial charge in [-0.1, -0.05) is 32.1 Å². The van der Waals surface area contributed by atoms with Crippen LogP contribution in [0.15, 0.2) is 0 Å². The van der Waals surface area contributed by atoms with Crippen molar-refractivity contribution in [2.75, 3.05) is 13.2 Å². The van der Waals surface area contributed by atoms with Crippen molar-refractivity contribution in [2.24, 2.45) is 0 Å². The van der Waals surface area contributed by atoms with Gasteiger partial charge in [0.1, 0.15) is 0 Å². The maximum Gasteiger partial charge on any atom is 0.0989 e. The number of rotatable bonds is 10. The average molecular weight is 360 g/mol. The van der Waals surface area contributed by atoms with E-state index >= 15 is 0 Å². The van der Waals surface area contributed by atoms with Crippen LogP contribution in [0.1, 0.15) is 57.8 Å². The molecule has 7 nitrogen and oxygen atoms in total. The van der Waals surface area contributed by atoms with Crippen LogP contribution in [0.3, 0.4) is 0 Å². The molecule has 0 saturated carbocycles. The van der Waals surface area contributed by atoms with Crippen molar-refractivity contribution in [3.8, 4) is 0 Å². The van der Waals surface area contributed by atoms with Gasteiger partial charge in [-0.15, -0.1) is 0 Å². The van der Waals surface area contributed by atoms with E-state index in [1.807, 2.05) is 0 Å². The fraction of sp³-hybridized carbons (Fsp3) is 1.00. The third-order valence-electron chi connectivity index (χ3n) is 5.72. The van der Waals surface area contributed by atoms with Crippen LogP contribution >= 0.6 is 0 Å². The number of hydrogen-bond acceptors (Lipinski definition) is 7. The van der Waals surface area contributed by atoms with Crippen LogP contribution in [0.5, 0.6) is 0 Å². The SMILES string of the molecule is OC[C@@H]1N[C@@H](CCCCCC[C@@H](O)[C@H](O)[C@H]2CCCCN2)[C@H](O)[C@H]1O. The highest BCUT2D eigenvalue weighted by Gasteiger charge is 2.39. The van der Waals surface area contributed by atoms with Crippen LogP contribution in [-0.4, -0.2) is 81.2 Å². The second-order valence-corrected chi connectivity index (χ2v) is 7.65. The van der Waals surface area contributed by atoms with Crippen LogP contribution in [0.25, 0.3) is 0 Å². The second-order valence-electron chi connectivity index (χ2n) is 7.65. The molecule has 0 unspecified atom stereocenters. The largest absolute Gasteiger partial charge is 0.395 e. The lowest BCUT2D eigenvalue weighted by Gasteiger charge is -2.30. The Morgan fingerprint density at radius 1 is 0.920 bits per heavy atom. The molecule has 7 heteroatoms. The maximum absolute atomic E-state index is 10.2. The first-order valence-electron chi connectivity index (χ1n) is 9.87. The molecule has 0 aliphatic carbocycles. The quantitative estimate of drug-likeness (QED) is 0.256. The molecule has 0 spiro atoms. The van der Waals surface area contributed by atoms with Gasteiger partial charge in [-0.25, -0.2) is 0 Å². The third-order valence-corrected chi connectivity index (χ3v) is 5.72. The van der Waals surface area contributed by atoms with Crippen molar-refractivity contribution in [2.45, 2.75) is 100 Å². The van der Waals surface area contributed by atoms with Gasteiger partial charge < -0.3 is 36.2 Å². The maximum atomic E-state index is 10.2. The summed E-state index contributed by atoms with van der Waals surface area (Å²) in [5.74, 6) is 0. The summed E-state index contributed by atoms with van der Waals surface area (Å²) in [6.07, 6.45) is 5.19. The fourth-order valence-corrected chi connectivity index (χ4v) is 4.04. The van der Waals surface area contributed by atoms with Crippen molar-refractivity contribution < 1.29 is 25.5 Å². The Bertz CT molecular complexity index is 367. The molecule has 25 heavy (non-hydrogen) atoms. The molecular weight excluding hydrogens is 324 g/mol. The normalized spacial score (nSPS) is 35.6. The molecule has 2 rings (SSSR count). The summed E-state index contributed by atoms with van der Waals surface area (Å²) in [5, 5.41) is 55.5. The zero-order valence-corrected chi connectivity index (χ0v) is 15.1. The van der Waals surface area contributed by atoms with Crippen molar-refractivity contribution in [1.82, 2.24) is 10.6 Å². The number of aliphatic hydroxyl groups excluding tert-OH is 5. The van der Waals surface area contributed by atoms with E-state index in [0.29, 0.717) is 6.42 Å². The zero-order valence-electron chi connectivity index (χ0n) is 15.1. The van der Waals surface area contributed by atoms with E-state index in [1.54, 1.807) is 0 Å². The highest BCUT2D eigenvalue weighted by molar-refractivity contribution is 4.97. The predicted molar refractivity (Wildman–Crippen MR) is 95.2 cm³/mol. The van der Waals surface area contributed by atoms with Gasteiger partial charge in [0.05, 0.1) is 37.1 Å². The van der Waals surface area contributed by atoms with Gasteiger partial charge >= 0.3 is 0 Å². The Hall–Kier alpha value is -0.280. The van der Waals surface area contributed by atoms with Gasteiger partial charge in [0.15, 0.2) is 0 Å². The Morgan fingerprint density at radius 3 is 2.28 bits per heavy atom. The minimum Gasteiger partial charge on any atom is -0.395 e. The van der Waals surface area contributed by atoms with Crippen molar-refractivity contribution in [3.63, 3.8) is 0 Å². The minimum atomic E-state index is -0.903. The summed E-state index contributed by atoms with van der Waals surface area (Å²) in [6, 6.07) is -0.591. The second kappa shape index (κ2) is 10.8.